The molecule has 224 valence electrons. The van der Waals surface area contributed by atoms with Gasteiger partial charge in [0.05, 0.1) is 29.2 Å². The van der Waals surface area contributed by atoms with E-state index < -0.39 is 0 Å². The average molecular weight is 606 g/mol. The third kappa shape index (κ3) is 4.38. The summed E-state index contributed by atoms with van der Waals surface area (Å²) < 4.78 is 10.2. The molecule has 0 aliphatic heterocycles. The summed E-state index contributed by atoms with van der Waals surface area (Å²) in [6, 6.07) is 60.6. The van der Waals surface area contributed by atoms with Gasteiger partial charge in [0.1, 0.15) is 5.75 Å². The number of hydrogen-bond acceptors (Lipinski definition) is 2. The number of aromatic nitrogens is 2. The van der Waals surface area contributed by atoms with Crippen LogP contribution in [0.2, 0.25) is 0 Å². The number of methoxy groups -OCH3 is 1. The molecule has 2 aromatic heterocycles. The van der Waals surface area contributed by atoms with E-state index in [1.165, 1.54) is 43.6 Å². The molecule has 0 fully saturated rings. The molecule has 4 heteroatoms. The Morgan fingerprint density at radius 3 is 1.45 bits per heavy atom. The minimum absolute atomic E-state index is 0.849. The second-order valence-electron chi connectivity index (χ2n) is 11.8. The number of fused-ring (bicyclic) bond motifs is 6. The molecule has 0 radical (unpaired) electrons. The Hall–Kier alpha value is -6.26. The summed E-state index contributed by atoms with van der Waals surface area (Å²) in [7, 11) is 1.70. The lowest BCUT2D eigenvalue weighted by Gasteiger charge is -2.25. The molecule has 7 aromatic carbocycles. The molecular weight excluding hydrogens is 574 g/mol. The molecule has 0 aliphatic rings. The van der Waals surface area contributed by atoms with Crippen molar-refractivity contribution in [1.82, 2.24) is 9.13 Å². The first-order valence-corrected chi connectivity index (χ1v) is 15.9. The number of hydrogen-bond donors (Lipinski definition) is 0. The van der Waals surface area contributed by atoms with E-state index >= 15 is 0 Å². The van der Waals surface area contributed by atoms with Crippen LogP contribution in [-0.2, 0) is 0 Å². The fraction of sp³-hybridized carbons (Fsp3) is 0.0233. The quantitative estimate of drug-likeness (QED) is 0.188. The van der Waals surface area contributed by atoms with Gasteiger partial charge in [-0.3, -0.25) is 0 Å². The van der Waals surface area contributed by atoms with Crippen LogP contribution in [0.1, 0.15) is 0 Å². The van der Waals surface area contributed by atoms with E-state index in [1.54, 1.807) is 7.11 Å². The molecule has 9 aromatic rings. The van der Waals surface area contributed by atoms with E-state index in [1.807, 2.05) is 12.1 Å². The van der Waals surface area contributed by atoms with Crippen molar-refractivity contribution in [2.24, 2.45) is 0 Å². The standard InChI is InChI=1S/C43H31N3O/c1-47-35-24-20-32(21-25-35)45-40-18-10-8-16-36(40)39-29-34(23-27-42(39)45)46-41-19-11-9-17-37(41)38-28-33(22-26-43(38)46)44(30-12-4-2-5-13-30)31-14-6-3-7-15-31/h2-29H,1H3. The highest BCUT2D eigenvalue weighted by Crippen LogP contribution is 2.41. The molecule has 0 aliphatic carbocycles. The molecule has 0 amide bonds. The Morgan fingerprint density at radius 1 is 0.383 bits per heavy atom. The van der Waals surface area contributed by atoms with Crippen molar-refractivity contribution in [1.29, 1.82) is 0 Å². The van der Waals surface area contributed by atoms with Gasteiger partial charge in [0.2, 0.25) is 0 Å². The van der Waals surface area contributed by atoms with Crippen molar-refractivity contribution in [3.63, 3.8) is 0 Å². The van der Waals surface area contributed by atoms with Gasteiger partial charge >= 0.3 is 0 Å². The number of anilines is 3. The lowest BCUT2D eigenvalue weighted by atomic mass is 10.1. The van der Waals surface area contributed by atoms with Crippen molar-refractivity contribution in [3.05, 3.63) is 170 Å². The minimum atomic E-state index is 0.849. The maximum Gasteiger partial charge on any atom is 0.119 e. The van der Waals surface area contributed by atoms with Crippen molar-refractivity contribution in [2.75, 3.05) is 12.0 Å². The van der Waals surface area contributed by atoms with Gasteiger partial charge < -0.3 is 18.8 Å². The van der Waals surface area contributed by atoms with Crippen LogP contribution >= 0.6 is 0 Å². The Labute approximate surface area is 272 Å². The SMILES string of the molecule is COc1ccc(-n2c3ccccc3c3cc(-n4c5ccccc5c5cc(N(c6ccccc6)c6ccccc6)ccc54)ccc32)cc1. The van der Waals surface area contributed by atoms with Crippen molar-refractivity contribution >= 4 is 60.7 Å². The number of ether oxygens (including phenoxy) is 1. The number of rotatable bonds is 6. The molecule has 0 N–H and O–H groups in total. The van der Waals surface area contributed by atoms with Crippen LogP contribution in [0.25, 0.3) is 55.0 Å². The van der Waals surface area contributed by atoms with Crippen LogP contribution in [0.3, 0.4) is 0 Å². The Balaban J connectivity index is 1.25. The van der Waals surface area contributed by atoms with Gasteiger partial charge in [0, 0.05) is 50.0 Å². The van der Waals surface area contributed by atoms with Crippen molar-refractivity contribution in [2.45, 2.75) is 0 Å². The van der Waals surface area contributed by atoms with Crippen LogP contribution in [0, 0.1) is 0 Å². The Bertz CT molecular complexity index is 2510. The Morgan fingerprint density at radius 2 is 0.851 bits per heavy atom. The monoisotopic (exact) mass is 605 g/mol. The van der Waals surface area contributed by atoms with Crippen LogP contribution < -0.4 is 9.64 Å². The first-order valence-electron chi connectivity index (χ1n) is 15.9. The molecule has 4 nitrogen and oxygen atoms in total. The summed E-state index contributed by atoms with van der Waals surface area (Å²) >= 11 is 0. The fourth-order valence-electron chi connectivity index (χ4n) is 7.09. The van der Waals surface area contributed by atoms with Gasteiger partial charge in [-0.25, -0.2) is 0 Å². The third-order valence-electron chi connectivity index (χ3n) is 9.19. The summed E-state index contributed by atoms with van der Waals surface area (Å²) in [6.45, 7) is 0. The highest BCUT2D eigenvalue weighted by atomic mass is 16.5. The average Bonchev–Trinajstić information content (AvgIpc) is 3.65. The summed E-state index contributed by atoms with van der Waals surface area (Å²) in [4.78, 5) is 2.33. The summed E-state index contributed by atoms with van der Waals surface area (Å²) in [5.74, 6) is 0.849. The van der Waals surface area contributed by atoms with E-state index in [-0.39, 0.29) is 0 Å². The topological polar surface area (TPSA) is 22.3 Å². The maximum atomic E-state index is 5.44. The van der Waals surface area contributed by atoms with Crippen molar-refractivity contribution in [3.8, 4) is 17.1 Å². The molecule has 2 heterocycles. The zero-order chi connectivity index (χ0) is 31.3. The maximum absolute atomic E-state index is 5.44. The van der Waals surface area contributed by atoms with E-state index in [9.17, 15) is 0 Å². The molecule has 0 spiro atoms. The van der Waals surface area contributed by atoms with Gasteiger partial charge in [-0.1, -0.05) is 72.8 Å². The number of nitrogens with zero attached hydrogens (tertiary/aromatic N) is 3. The summed E-state index contributed by atoms with van der Waals surface area (Å²) in [6.07, 6.45) is 0. The van der Waals surface area contributed by atoms with E-state index in [4.69, 9.17) is 4.74 Å². The second kappa shape index (κ2) is 11.0. The van der Waals surface area contributed by atoms with Crippen molar-refractivity contribution < 1.29 is 4.74 Å². The third-order valence-corrected chi connectivity index (χ3v) is 9.19. The lowest BCUT2D eigenvalue weighted by molar-refractivity contribution is 0.415. The van der Waals surface area contributed by atoms with E-state index in [0.29, 0.717) is 0 Å². The molecule has 47 heavy (non-hydrogen) atoms. The summed E-state index contributed by atoms with van der Waals surface area (Å²) in [5.41, 5.74) is 10.3. The van der Waals surface area contributed by atoms with Crippen LogP contribution in [0.5, 0.6) is 5.75 Å². The van der Waals surface area contributed by atoms with Gasteiger partial charge in [-0.05, 0) is 97.1 Å². The first kappa shape index (κ1) is 27.1. The van der Waals surface area contributed by atoms with E-state index in [0.717, 1.165) is 34.2 Å². The van der Waals surface area contributed by atoms with Gasteiger partial charge in [0.25, 0.3) is 0 Å². The second-order valence-corrected chi connectivity index (χ2v) is 11.8. The number of benzene rings is 7. The number of para-hydroxylation sites is 4. The zero-order valence-corrected chi connectivity index (χ0v) is 25.9. The Kier molecular flexibility index (Phi) is 6.32. The van der Waals surface area contributed by atoms with E-state index in [2.05, 4.69) is 172 Å². The highest BCUT2D eigenvalue weighted by molar-refractivity contribution is 6.13. The zero-order valence-electron chi connectivity index (χ0n) is 25.9. The molecule has 0 atom stereocenters. The van der Waals surface area contributed by atoms with Gasteiger partial charge in [0.15, 0.2) is 0 Å². The molecule has 0 bridgehead atoms. The summed E-state index contributed by atoms with van der Waals surface area (Å²) in [5, 5.41) is 4.89. The van der Waals surface area contributed by atoms with Gasteiger partial charge in [-0.15, -0.1) is 0 Å². The highest BCUT2D eigenvalue weighted by Gasteiger charge is 2.19. The molecule has 9 rings (SSSR count). The van der Waals surface area contributed by atoms with Crippen LogP contribution in [0.15, 0.2) is 170 Å². The van der Waals surface area contributed by atoms with Crippen LogP contribution in [-0.4, -0.2) is 16.2 Å². The smallest absolute Gasteiger partial charge is 0.119 e. The minimum Gasteiger partial charge on any atom is -0.497 e. The first-order chi connectivity index (χ1) is 23.3. The largest absolute Gasteiger partial charge is 0.497 e. The normalized spacial score (nSPS) is 11.5. The molecule has 0 unspecified atom stereocenters. The fourth-order valence-corrected chi connectivity index (χ4v) is 7.09. The molecule has 0 saturated heterocycles. The predicted octanol–water partition coefficient (Wildman–Crippen LogP) is 11.4. The van der Waals surface area contributed by atoms with Gasteiger partial charge in [-0.2, -0.15) is 0 Å². The molecule has 0 saturated carbocycles. The van der Waals surface area contributed by atoms with Crippen LogP contribution in [0.4, 0.5) is 17.1 Å². The lowest BCUT2D eigenvalue weighted by Crippen LogP contribution is -2.09. The molecular formula is C43H31N3O. The predicted molar refractivity (Wildman–Crippen MR) is 196 cm³/mol.